The second-order valence-electron chi connectivity index (χ2n) is 4.95. The SMILES string of the molecule is CC1CCCCC1(C)C[C@H](N)C(=O)O. The summed E-state index contributed by atoms with van der Waals surface area (Å²) in [6.45, 7) is 4.40. The number of nitrogens with two attached hydrogens (primary N) is 1. The lowest BCUT2D eigenvalue weighted by atomic mass is 9.65. The summed E-state index contributed by atoms with van der Waals surface area (Å²) in [5.74, 6) is -0.273. The number of carboxylic acid groups (broad SMARTS) is 1. The summed E-state index contributed by atoms with van der Waals surface area (Å²) >= 11 is 0. The zero-order valence-electron chi connectivity index (χ0n) is 9.12. The van der Waals surface area contributed by atoms with E-state index in [1.54, 1.807) is 0 Å². The molecule has 0 heterocycles. The van der Waals surface area contributed by atoms with E-state index in [1.807, 2.05) is 0 Å². The molecule has 3 nitrogen and oxygen atoms in total. The maximum atomic E-state index is 10.7. The molecule has 1 aliphatic rings. The predicted molar refractivity (Wildman–Crippen MR) is 56.0 cm³/mol. The lowest BCUT2D eigenvalue weighted by Crippen LogP contribution is -2.40. The second-order valence-corrected chi connectivity index (χ2v) is 4.95. The topological polar surface area (TPSA) is 63.3 Å². The predicted octanol–water partition coefficient (Wildman–Crippen LogP) is 2.00. The summed E-state index contributed by atoms with van der Waals surface area (Å²) in [7, 11) is 0. The largest absolute Gasteiger partial charge is 0.480 e. The quantitative estimate of drug-likeness (QED) is 0.730. The molecule has 82 valence electrons. The maximum absolute atomic E-state index is 10.7. The lowest BCUT2D eigenvalue weighted by Gasteiger charge is -2.40. The molecule has 3 heteroatoms. The first kappa shape index (κ1) is 11.5. The van der Waals surface area contributed by atoms with Gasteiger partial charge in [0.25, 0.3) is 0 Å². The summed E-state index contributed by atoms with van der Waals surface area (Å²) < 4.78 is 0. The molecule has 1 saturated carbocycles. The van der Waals surface area contributed by atoms with Gasteiger partial charge in [-0.05, 0) is 24.2 Å². The van der Waals surface area contributed by atoms with Crippen LogP contribution in [0.15, 0.2) is 0 Å². The van der Waals surface area contributed by atoms with Crippen LogP contribution in [0, 0.1) is 11.3 Å². The van der Waals surface area contributed by atoms with Crippen LogP contribution in [0.3, 0.4) is 0 Å². The Labute approximate surface area is 85.7 Å². The van der Waals surface area contributed by atoms with E-state index in [9.17, 15) is 4.79 Å². The molecular weight excluding hydrogens is 178 g/mol. The third-order valence-electron chi connectivity index (χ3n) is 3.83. The van der Waals surface area contributed by atoms with Crippen LogP contribution in [0.5, 0.6) is 0 Å². The van der Waals surface area contributed by atoms with Gasteiger partial charge >= 0.3 is 5.97 Å². The summed E-state index contributed by atoms with van der Waals surface area (Å²) in [5.41, 5.74) is 5.73. The van der Waals surface area contributed by atoms with Crippen molar-refractivity contribution in [3.8, 4) is 0 Å². The molecule has 1 aliphatic carbocycles. The highest BCUT2D eigenvalue weighted by Gasteiger charge is 2.36. The van der Waals surface area contributed by atoms with Gasteiger partial charge in [-0.25, -0.2) is 0 Å². The summed E-state index contributed by atoms with van der Waals surface area (Å²) in [6, 6.07) is -0.694. The van der Waals surface area contributed by atoms with E-state index in [-0.39, 0.29) is 5.41 Å². The van der Waals surface area contributed by atoms with Crippen LogP contribution in [0.25, 0.3) is 0 Å². The summed E-state index contributed by atoms with van der Waals surface area (Å²) in [6.07, 6.45) is 5.44. The van der Waals surface area contributed by atoms with Crippen LogP contribution in [-0.2, 0) is 4.79 Å². The van der Waals surface area contributed by atoms with Gasteiger partial charge in [0.05, 0.1) is 0 Å². The van der Waals surface area contributed by atoms with Gasteiger partial charge in [0.15, 0.2) is 0 Å². The minimum absolute atomic E-state index is 0.135. The van der Waals surface area contributed by atoms with Gasteiger partial charge in [0, 0.05) is 0 Å². The fourth-order valence-electron chi connectivity index (χ4n) is 2.47. The van der Waals surface area contributed by atoms with E-state index in [0.717, 1.165) is 6.42 Å². The van der Waals surface area contributed by atoms with Crippen molar-refractivity contribution >= 4 is 5.97 Å². The van der Waals surface area contributed by atoms with Gasteiger partial charge in [0.2, 0.25) is 0 Å². The van der Waals surface area contributed by atoms with Gasteiger partial charge in [-0.3, -0.25) is 4.79 Å². The van der Waals surface area contributed by atoms with Crippen molar-refractivity contribution in [2.24, 2.45) is 17.1 Å². The van der Waals surface area contributed by atoms with Crippen LogP contribution in [0.2, 0.25) is 0 Å². The molecule has 1 fully saturated rings. The van der Waals surface area contributed by atoms with Gasteiger partial charge in [-0.15, -0.1) is 0 Å². The van der Waals surface area contributed by atoms with E-state index in [0.29, 0.717) is 12.3 Å². The Morgan fingerprint density at radius 2 is 2.29 bits per heavy atom. The first-order valence-electron chi connectivity index (χ1n) is 5.44. The van der Waals surface area contributed by atoms with Crippen molar-refractivity contribution in [3.63, 3.8) is 0 Å². The lowest BCUT2D eigenvalue weighted by molar-refractivity contribution is -0.139. The van der Waals surface area contributed by atoms with Crippen LogP contribution < -0.4 is 5.73 Å². The first-order chi connectivity index (χ1) is 6.46. The molecule has 0 aliphatic heterocycles. The number of hydrogen-bond donors (Lipinski definition) is 2. The van der Waals surface area contributed by atoms with Crippen molar-refractivity contribution in [2.75, 3.05) is 0 Å². The number of carboxylic acids is 1. The van der Waals surface area contributed by atoms with Gasteiger partial charge in [-0.2, -0.15) is 0 Å². The van der Waals surface area contributed by atoms with Crippen LogP contribution >= 0.6 is 0 Å². The molecule has 0 aromatic rings. The highest BCUT2D eigenvalue weighted by atomic mass is 16.4. The van der Waals surface area contributed by atoms with Crippen molar-refractivity contribution in [2.45, 2.75) is 52.0 Å². The number of aliphatic carboxylic acids is 1. The molecule has 3 N–H and O–H groups in total. The summed E-state index contributed by atoms with van der Waals surface area (Å²) in [4.78, 5) is 10.7. The molecule has 0 amide bonds. The number of hydrogen-bond acceptors (Lipinski definition) is 2. The molecule has 1 rings (SSSR count). The smallest absolute Gasteiger partial charge is 0.320 e. The fraction of sp³-hybridized carbons (Fsp3) is 0.909. The second kappa shape index (κ2) is 4.30. The zero-order valence-corrected chi connectivity index (χ0v) is 9.12. The molecule has 14 heavy (non-hydrogen) atoms. The fourth-order valence-corrected chi connectivity index (χ4v) is 2.47. The molecule has 0 spiro atoms. The Hall–Kier alpha value is -0.570. The van der Waals surface area contributed by atoms with Gasteiger partial charge < -0.3 is 10.8 Å². The van der Waals surface area contributed by atoms with E-state index in [2.05, 4.69) is 13.8 Å². The minimum Gasteiger partial charge on any atom is -0.480 e. The molecule has 3 atom stereocenters. The van der Waals surface area contributed by atoms with Crippen molar-refractivity contribution < 1.29 is 9.90 Å². The van der Waals surface area contributed by atoms with E-state index in [4.69, 9.17) is 10.8 Å². The molecule has 2 unspecified atom stereocenters. The zero-order chi connectivity index (χ0) is 10.8. The Bertz CT molecular complexity index is 217. The highest BCUT2D eigenvalue weighted by molar-refractivity contribution is 5.73. The van der Waals surface area contributed by atoms with E-state index in [1.165, 1.54) is 19.3 Å². The van der Waals surface area contributed by atoms with E-state index >= 15 is 0 Å². The molecular formula is C11H21NO2. The maximum Gasteiger partial charge on any atom is 0.320 e. The normalized spacial score (nSPS) is 35.2. The van der Waals surface area contributed by atoms with Gasteiger partial charge in [-0.1, -0.05) is 33.1 Å². The first-order valence-corrected chi connectivity index (χ1v) is 5.44. The minimum atomic E-state index is -0.871. The number of rotatable bonds is 3. The molecule has 0 aromatic heterocycles. The Kier molecular flexibility index (Phi) is 3.53. The third kappa shape index (κ3) is 2.47. The van der Waals surface area contributed by atoms with Crippen molar-refractivity contribution in [3.05, 3.63) is 0 Å². The van der Waals surface area contributed by atoms with E-state index < -0.39 is 12.0 Å². The van der Waals surface area contributed by atoms with Crippen LogP contribution in [-0.4, -0.2) is 17.1 Å². The average Bonchev–Trinajstić information content (AvgIpc) is 2.10. The standard InChI is InChI=1S/C11H21NO2/c1-8-5-3-4-6-11(8,2)7-9(12)10(13)14/h8-9H,3-7,12H2,1-2H3,(H,13,14)/t8?,9-,11?/m0/s1. The molecule has 0 saturated heterocycles. The molecule has 0 bridgehead atoms. The monoisotopic (exact) mass is 199 g/mol. The van der Waals surface area contributed by atoms with Crippen LogP contribution in [0.1, 0.15) is 46.0 Å². The number of carbonyl (C=O) groups is 1. The Morgan fingerprint density at radius 3 is 2.79 bits per heavy atom. The van der Waals surface area contributed by atoms with Crippen molar-refractivity contribution in [1.29, 1.82) is 0 Å². The highest BCUT2D eigenvalue weighted by Crippen LogP contribution is 2.43. The van der Waals surface area contributed by atoms with Gasteiger partial charge in [0.1, 0.15) is 6.04 Å². The Morgan fingerprint density at radius 1 is 1.64 bits per heavy atom. The molecule has 0 radical (unpaired) electrons. The molecule has 0 aromatic carbocycles. The summed E-state index contributed by atoms with van der Waals surface area (Å²) in [5, 5.41) is 8.79. The van der Waals surface area contributed by atoms with Crippen LogP contribution in [0.4, 0.5) is 0 Å². The third-order valence-corrected chi connectivity index (χ3v) is 3.83. The average molecular weight is 199 g/mol. The van der Waals surface area contributed by atoms with Crippen molar-refractivity contribution in [1.82, 2.24) is 0 Å². The Balaban J connectivity index is 2.59.